The Balaban J connectivity index is 1.33. The van der Waals surface area contributed by atoms with Crippen molar-refractivity contribution in [2.75, 3.05) is 6.54 Å². The summed E-state index contributed by atoms with van der Waals surface area (Å²) in [6, 6.07) is 22.2. The van der Waals surface area contributed by atoms with E-state index in [0.717, 1.165) is 16.7 Å². The molecule has 5 rings (SSSR count). The van der Waals surface area contributed by atoms with Crippen molar-refractivity contribution in [2.45, 2.75) is 88.1 Å². The third-order valence-corrected chi connectivity index (χ3v) is 10.2. The van der Waals surface area contributed by atoms with E-state index in [2.05, 4.69) is 26.6 Å². The van der Waals surface area contributed by atoms with Gasteiger partial charge in [0.15, 0.2) is 0 Å². The number of benzene rings is 3. The van der Waals surface area contributed by atoms with Gasteiger partial charge in [0.1, 0.15) is 24.2 Å². The van der Waals surface area contributed by atoms with Gasteiger partial charge in [-0.2, -0.15) is 0 Å². The second-order valence-electron chi connectivity index (χ2n) is 14.2. The molecule has 2 aliphatic heterocycles. The summed E-state index contributed by atoms with van der Waals surface area (Å²) in [5, 5.41) is 22.8. The Morgan fingerprint density at radius 1 is 0.768 bits per heavy atom. The van der Waals surface area contributed by atoms with Gasteiger partial charge in [0.2, 0.25) is 29.5 Å². The minimum atomic E-state index is -1.47. The Bertz CT molecular complexity index is 1850. The number of hydrogen-bond acceptors (Lipinski definition) is 7. The zero-order chi connectivity index (χ0) is 40.0. The molecule has 7 amide bonds. The number of nitrogens with zero attached hydrogens (tertiary/aromatic N) is 1. The van der Waals surface area contributed by atoms with Crippen molar-refractivity contribution in [3.63, 3.8) is 0 Å². The van der Waals surface area contributed by atoms with Crippen molar-refractivity contribution in [1.82, 2.24) is 31.5 Å². The molecule has 56 heavy (non-hydrogen) atoms. The molecule has 3 aromatic rings. The van der Waals surface area contributed by atoms with Crippen molar-refractivity contribution in [2.24, 2.45) is 11.7 Å². The van der Waals surface area contributed by atoms with Gasteiger partial charge in [0, 0.05) is 19.1 Å². The molecule has 2 aliphatic rings. The molecule has 15 heteroatoms. The smallest absolute Gasteiger partial charge is 0.312 e. The van der Waals surface area contributed by atoms with Crippen LogP contribution in [-0.4, -0.2) is 88.3 Å². The van der Waals surface area contributed by atoms with Crippen LogP contribution in [0.1, 0.15) is 55.2 Å². The molecule has 0 bridgehead atoms. The number of rotatable bonds is 18. The standard InChI is InChI=1S/C41H49N7O8/c42-41(56)43-20-10-17-30(38(53)47-32(24-36(50)51)37(52)44-25-28-15-8-3-9-16-28)46-39(54)34-23-29(21-26-11-4-1-5-12-26)33-19-18-31(40(55)48(33)34)45-35(49)22-27-13-6-2-7-14-27/h1-9,11-16,29-34H,10,17-25H2,(H,44,52)(H,45,49)(H,46,54)(H,47,53)(H,50,51)(H3,42,43,56)/t29-,30+,31-,32-,33?,34+/m1/s1. The fourth-order valence-corrected chi connectivity index (χ4v) is 7.50. The van der Waals surface area contributed by atoms with Gasteiger partial charge in [-0.05, 0) is 61.1 Å². The zero-order valence-corrected chi connectivity index (χ0v) is 31.0. The van der Waals surface area contributed by atoms with Crippen LogP contribution in [0.2, 0.25) is 0 Å². The van der Waals surface area contributed by atoms with Crippen molar-refractivity contribution < 1.29 is 38.7 Å². The topological polar surface area (TPSA) is 229 Å². The lowest BCUT2D eigenvalue weighted by atomic mass is 9.86. The average Bonchev–Trinajstić information content (AvgIpc) is 3.55. The number of aliphatic carboxylic acids is 1. The molecule has 6 atom stereocenters. The van der Waals surface area contributed by atoms with Gasteiger partial charge >= 0.3 is 12.0 Å². The minimum Gasteiger partial charge on any atom is -0.481 e. The first-order valence-electron chi connectivity index (χ1n) is 18.8. The summed E-state index contributed by atoms with van der Waals surface area (Å²) in [6.45, 7) is 0.167. The van der Waals surface area contributed by atoms with E-state index in [1.165, 1.54) is 0 Å². The number of nitrogens with two attached hydrogens (primary N) is 1. The van der Waals surface area contributed by atoms with E-state index in [1.54, 1.807) is 29.2 Å². The van der Waals surface area contributed by atoms with Crippen LogP contribution in [-0.2, 0) is 48.2 Å². The quantitative estimate of drug-likeness (QED) is 0.0938. The molecule has 3 aromatic carbocycles. The van der Waals surface area contributed by atoms with Crippen LogP contribution in [0.4, 0.5) is 4.79 Å². The summed E-state index contributed by atoms with van der Waals surface area (Å²) in [4.78, 5) is 93.1. The van der Waals surface area contributed by atoms with E-state index in [4.69, 9.17) is 5.73 Å². The highest BCUT2D eigenvalue weighted by atomic mass is 16.4. The van der Waals surface area contributed by atoms with E-state index in [9.17, 15) is 38.7 Å². The summed E-state index contributed by atoms with van der Waals surface area (Å²) in [6.07, 6.45) is 1.37. The zero-order valence-electron chi connectivity index (χ0n) is 31.0. The predicted octanol–water partition coefficient (Wildman–Crippen LogP) is 1.55. The molecule has 2 fully saturated rings. The number of primary amides is 1. The molecular weight excluding hydrogens is 718 g/mol. The van der Waals surface area contributed by atoms with Crippen LogP contribution in [0.25, 0.3) is 0 Å². The molecular formula is C41H49N7O8. The van der Waals surface area contributed by atoms with Crippen LogP contribution in [0.5, 0.6) is 0 Å². The number of carboxylic acids is 1. The van der Waals surface area contributed by atoms with E-state index < -0.39 is 60.3 Å². The van der Waals surface area contributed by atoms with Crippen molar-refractivity contribution in [1.29, 1.82) is 0 Å². The average molecular weight is 768 g/mol. The fourth-order valence-electron chi connectivity index (χ4n) is 7.50. The normalized spacial score (nSPS) is 19.8. The van der Waals surface area contributed by atoms with E-state index in [-0.39, 0.29) is 56.1 Å². The highest BCUT2D eigenvalue weighted by Gasteiger charge is 2.51. The molecule has 0 spiro atoms. The number of urea groups is 1. The van der Waals surface area contributed by atoms with Gasteiger partial charge in [0.05, 0.1) is 12.8 Å². The Kier molecular flexibility index (Phi) is 14.5. The first-order chi connectivity index (χ1) is 27.0. The molecule has 2 saturated heterocycles. The van der Waals surface area contributed by atoms with Crippen LogP contribution < -0.4 is 32.3 Å². The van der Waals surface area contributed by atoms with Crippen molar-refractivity contribution in [3.8, 4) is 0 Å². The van der Waals surface area contributed by atoms with Crippen molar-refractivity contribution >= 4 is 41.5 Å². The molecule has 8 N–H and O–H groups in total. The number of amides is 7. The Labute approximate surface area is 325 Å². The number of hydrogen-bond donors (Lipinski definition) is 7. The molecule has 0 aromatic heterocycles. The number of carbonyl (C=O) groups excluding carboxylic acids is 6. The summed E-state index contributed by atoms with van der Waals surface area (Å²) in [7, 11) is 0. The molecule has 1 unspecified atom stereocenters. The molecule has 0 saturated carbocycles. The Morgan fingerprint density at radius 3 is 2.02 bits per heavy atom. The molecule has 0 radical (unpaired) electrons. The Hall–Kier alpha value is -6.25. The van der Waals surface area contributed by atoms with Gasteiger partial charge in [-0.15, -0.1) is 0 Å². The maximum absolute atomic E-state index is 14.3. The first-order valence-corrected chi connectivity index (χ1v) is 18.8. The summed E-state index contributed by atoms with van der Waals surface area (Å²) < 4.78 is 0. The van der Waals surface area contributed by atoms with Crippen LogP contribution in [0.3, 0.4) is 0 Å². The van der Waals surface area contributed by atoms with Crippen LogP contribution in [0, 0.1) is 5.92 Å². The largest absolute Gasteiger partial charge is 0.481 e. The van der Waals surface area contributed by atoms with Gasteiger partial charge in [-0.1, -0.05) is 91.0 Å². The number of carboxylic acid groups (broad SMARTS) is 1. The molecule has 0 aliphatic carbocycles. The lowest BCUT2D eigenvalue weighted by molar-refractivity contribution is -0.147. The monoisotopic (exact) mass is 767 g/mol. The lowest BCUT2D eigenvalue weighted by Gasteiger charge is -2.39. The Morgan fingerprint density at radius 2 is 1.39 bits per heavy atom. The predicted molar refractivity (Wildman–Crippen MR) is 205 cm³/mol. The van der Waals surface area contributed by atoms with Crippen LogP contribution >= 0.6 is 0 Å². The third-order valence-electron chi connectivity index (χ3n) is 10.2. The minimum absolute atomic E-state index is 0.0149. The SMILES string of the molecule is NC(=O)NCCC[C@H](NC(=O)[C@@H]1C[C@@H](Cc2ccccc2)C2CC[C@@H](NC(=O)Cc3ccccc3)C(=O)N21)C(=O)N[C@H](CC(=O)O)C(=O)NCc1ccccc1. The van der Waals surface area contributed by atoms with Gasteiger partial charge in [-0.25, -0.2) is 4.79 Å². The number of nitrogens with one attached hydrogen (secondary N) is 5. The maximum atomic E-state index is 14.3. The second-order valence-corrected chi connectivity index (χ2v) is 14.2. The maximum Gasteiger partial charge on any atom is 0.312 e. The summed E-state index contributed by atoms with van der Waals surface area (Å²) in [5.74, 6) is -4.29. The fraction of sp³-hybridized carbons (Fsp3) is 0.390. The van der Waals surface area contributed by atoms with E-state index >= 15 is 0 Å². The highest BCUT2D eigenvalue weighted by molar-refractivity contribution is 5.97. The number of carbonyl (C=O) groups is 7. The van der Waals surface area contributed by atoms with E-state index in [1.807, 2.05) is 66.7 Å². The van der Waals surface area contributed by atoms with E-state index in [0.29, 0.717) is 25.7 Å². The second kappa shape index (κ2) is 19.9. The summed E-state index contributed by atoms with van der Waals surface area (Å²) in [5.41, 5.74) is 7.81. The number of fused-ring (bicyclic) bond motifs is 1. The summed E-state index contributed by atoms with van der Waals surface area (Å²) >= 11 is 0. The molecule has 15 nitrogen and oxygen atoms in total. The number of piperidine rings is 1. The van der Waals surface area contributed by atoms with Crippen molar-refractivity contribution in [3.05, 3.63) is 108 Å². The van der Waals surface area contributed by atoms with Gasteiger partial charge < -0.3 is 42.3 Å². The van der Waals surface area contributed by atoms with Gasteiger partial charge in [-0.3, -0.25) is 28.8 Å². The van der Waals surface area contributed by atoms with Crippen LogP contribution in [0.15, 0.2) is 91.0 Å². The first kappa shape index (κ1) is 40.9. The van der Waals surface area contributed by atoms with Gasteiger partial charge in [0.25, 0.3) is 0 Å². The molecule has 2 heterocycles. The highest BCUT2D eigenvalue weighted by Crippen LogP contribution is 2.39. The third kappa shape index (κ3) is 11.6. The molecule has 296 valence electrons. The lowest BCUT2D eigenvalue weighted by Crippen LogP contribution is -2.61.